The summed E-state index contributed by atoms with van der Waals surface area (Å²) in [7, 11) is -3.66. The van der Waals surface area contributed by atoms with E-state index in [1.807, 2.05) is 6.92 Å². The van der Waals surface area contributed by atoms with Crippen molar-refractivity contribution in [2.45, 2.75) is 18.7 Å². The zero-order valence-electron chi connectivity index (χ0n) is 14.3. The summed E-state index contributed by atoms with van der Waals surface area (Å²) in [6.45, 7) is 3.60. The van der Waals surface area contributed by atoms with Gasteiger partial charge in [0.05, 0.1) is 16.7 Å². The highest BCUT2D eigenvalue weighted by Gasteiger charge is 2.14. The number of hydrogen-bond donors (Lipinski definition) is 2. The average Bonchev–Trinajstić information content (AvgIpc) is 3.03. The van der Waals surface area contributed by atoms with Gasteiger partial charge in [-0.3, -0.25) is 9.52 Å². The van der Waals surface area contributed by atoms with Gasteiger partial charge in [-0.1, -0.05) is 17.7 Å². The molecule has 1 amide bonds. The molecule has 7 heteroatoms. The van der Waals surface area contributed by atoms with Gasteiger partial charge < -0.3 is 9.73 Å². The van der Waals surface area contributed by atoms with Crippen LogP contribution in [0.15, 0.2) is 70.2 Å². The number of rotatable bonds is 5. The largest absolute Gasteiger partial charge is 0.469 e. The number of benzene rings is 2. The fourth-order valence-electron chi connectivity index (χ4n) is 2.37. The van der Waals surface area contributed by atoms with Gasteiger partial charge in [0.15, 0.2) is 0 Å². The van der Waals surface area contributed by atoms with E-state index < -0.39 is 10.0 Å². The van der Waals surface area contributed by atoms with Crippen LogP contribution >= 0.6 is 0 Å². The van der Waals surface area contributed by atoms with Crippen molar-refractivity contribution in [3.05, 3.63) is 77.7 Å². The summed E-state index contributed by atoms with van der Waals surface area (Å²) in [5.74, 6) is 0.245. The van der Waals surface area contributed by atoms with E-state index >= 15 is 0 Å². The molecule has 1 heterocycles. The van der Waals surface area contributed by atoms with Crippen molar-refractivity contribution in [2.75, 3.05) is 10.0 Å². The quantitative estimate of drug-likeness (QED) is 0.712. The molecule has 0 radical (unpaired) electrons. The van der Waals surface area contributed by atoms with E-state index in [0.29, 0.717) is 22.7 Å². The number of aryl methyl sites for hydroxylation is 2. The van der Waals surface area contributed by atoms with Gasteiger partial charge in [0.25, 0.3) is 15.9 Å². The minimum absolute atomic E-state index is 0.191. The van der Waals surface area contributed by atoms with Gasteiger partial charge in [0.2, 0.25) is 0 Å². The second-order valence-corrected chi connectivity index (χ2v) is 7.52. The predicted octanol–water partition coefficient (Wildman–Crippen LogP) is 3.95. The third-order valence-corrected chi connectivity index (χ3v) is 5.23. The Kier molecular flexibility index (Phi) is 4.81. The summed E-state index contributed by atoms with van der Waals surface area (Å²) >= 11 is 0. The fourth-order valence-corrected chi connectivity index (χ4v) is 3.43. The topological polar surface area (TPSA) is 88.4 Å². The molecule has 0 atom stereocenters. The molecule has 3 aromatic rings. The smallest absolute Gasteiger partial charge is 0.261 e. The third kappa shape index (κ3) is 3.94. The Morgan fingerprint density at radius 1 is 0.885 bits per heavy atom. The van der Waals surface area contributed by atoms with E-state index in [9.17, 15) is 13.2 Å². The van der Waals surface area contributed by atoms with Crippen molar-refractivity contribution in [1.82, 2.24) is 0 Å². The number of amides is 1. The van der Waals surface area contributed by atoms with Gasteiger partial charge in [-0.15, -0.1) is 0 Å². The molecule has 0 fully saturated rings. The number of sulfonamides is 1. The lowest BCUT2D eigenvalue weighted by molar-refractivity contribution is 0.102. The maximum absolute atomic E-state index is 12.4. The van der Waals surface area contributed by atoms with Crippen molar-refractivity contribution in [3.63, 3.8) is 0 Å². The summed E-state index contributed by atoms with van der Waals surface area (Å²) in [6.07, 6.45) is 1.45. The zero-order valence-corrected chi connectivity index (χ0v) is 15.1. The van der Waals surface area contributed by atoms with Gasteiger partial charge in [-0.2, -0.15) is 0 Å². The van der Waals surface area contributed by atoms with Crippen molar-refractivity contribution in [1.29, 1.82) is 0 Å². The van der Waals surface area contributed by atoms with Crippen molar-refractivity contribution < 1.29 is 17.6 Å². The molecular weight excluding hydrogens is 352 g/mol. The first-order valence-electron chi connectivity index (χ1n) is 7.90. The monoisotopic (exact) mass is 370 g/mol. The normalized spacial score (nSPS) is 11.2. The van der Waals surface area contributed by atoms with Crippen LogP contribution in [0.1, 0.15) is 21.7 Å². The second-order valence-electron chi connectivity index (χ2n) is 5.84. The lowest BCUT2D eigenvalue weighted by atomic mass is 10.2. The minimum atomic E-state index is -3.66. The first-order valence-corrected chi connectivity index (χ1v) is 9.38. The van der Waals surface area contributed by atoms with E-state index in [4.69, 9.17) is 4.42 Å². The van der Waals surface area contributed by atoms with E-state index in [1.165, 1.54) is 6.26 Å². The molecule has 2 N–H and O–H groups in total. The minimum Gasteiger partial charge on any atom is -0.469 e. The first kappa shape index (κ1) is 17.8. The number of anilines is 2. The molecular formula is C19H18N2O4S. The Bertz CT molecular complexity index is 1020. The van der Waals surface area contributed by atoms with Crippen molar-refractivity contribution in [3.8, 4) is 0 Å². The molecule has 2 aromatic carbocycles. The highest BCUT2D eigenvalue weighted by Crippen LogP contribution is 2.20. The molecule has 0 unspecified atom stereocenters. The molecule has 0 spiro atoms. The number of furan rings is 1. The molecule has 0 saturated heterocycles. The van der Waals surface area contributed by atoms with Crippen LogP contribution in [0.2, 0.25) is 0 Å². The van der Waals surface area contributed by atoms with Crippen molar-refractivity contribution in [2.24, 2.45) is 0 Å². The van der Waals surface area contributed by atoms with Crippen LogP contribution in [0.25, 0.3) is 0 Å². The molecule has 3 rings (SSSR count). The Balaban J connectivity index is 1.70. The Morgan fingerprint density at radius 3 is 2.08 bits per heavy atom. The highest BCUT2D eigenvalue weighted by atomic mass is 32.2. The van der Waals surface area contributed by atoms with Gasteiger partial charge >= 0.3 is 0 Å². The van der Waals surface area contributed by atoms with Crippen LogP contribution in [0, 0.1) is 13.8 Å². The number of carbonyl (C=O) groups is 1. The molecule has 26 heavy (non-hydrogen) atoms. The summed E-state index contributed by atoms with van der Waals surface area (Å²) in [4.78, 5) is 12.3. The van der Waals surface area contributed by atoms with Gasteiger partial charge in [-0.05, 0) is 56.3 Å². The van der Waals surface area contributed by atoms with Crippen LogP contribution in [-0.4, -0.2) is 14.3 Å². The van der Waals surface area contributed by atoms with Gasteiger partial charge in [0.1, 0.15) is 5.76 Å². The SMILES string of the molecule is Cc1ccc(S(=O)(=O)Nc2ccc(NC(=O)c3ccoc3C)cc2)cc1. The van der Waals surface area contributed by atoms with Crippen LogP contribution in [0.5, 0.6) is 0 Å². The molecule has 0 saturated carbocycles. The van der Waals surface area contributed by atoms with Crippen molar-refractivity contribution >= 4 is 27.3 Å². The van der Waals surface area contributed by atoms with Crippen LogP contribution in [0.3, 0.4) is 0 Å². The Morgan fingerprint density at radius 2 is 1.50 bits per heavy atom. The fraction of sp³-hybridized carbons (Fsp3) is 0.105. The highest BCUT2D eigenvalue weighted by molar-refractivity contribution is 7.92. The van der Waals surface area contributed by atoms with Crippen LogP contribution in [0.4, 0.5) is 11.4 Å². The maximum Gasteiger partial charge on any atom is 0.261 e. The first-order chi connectivity index (χ1) is 12.3. The molecule has 0 aliphatic carbocycles. The maximum atomic E-state index is 12.4. The van der Waals surface area contributed by atoms with E-state index in [2.05, 4.69) is 10.0 Å². The molecule has 0 aliphatic heterocycles. The molecule has 0 bridgehead atoms. The van der Waals surface area contributed by atoms with E-state index in [0.717, 1.165) is 5.56 Å². The molecule has 6 nitrogen and oxygen atoms in total. The van der Waals surface area contributed by atoms with Crippen LogP contribution < -0.4 is 10.0 Å². The molecule has 1 aromatic heterocycles. The van der Waals surface area contributed by atoms with E-state index in [1.54, 1.807) is 61.5 Å². The second kappa shape index (κ2) is 7.05. The lowest BCUT2D eigenvalue weighted by Crippen LogP contribution is -2.14. The third-order valence-electron chi connectivity index (χ3n) is 3.83. The lowest BCUT2D eigenvalue weighted by Gasteiger charge is -2.10. The Hall–Kier alpha value is -3.06. The average molecular weight is 370 g/mol. The number of carbonyl (C=O) groups excluding carboxylic acids is 1. The summed E-state index contributed by atoms with van der Waals surface area (Å²) < 4.78 is 32.4. The molecule has 0 aliphatic rings. The van der Waals surface area contributed by atoms with Crippen LogP contribution in [-0.2, 0) is 10.0 Å². The van der Waals surface area contributed by atoms with E-state index in [-0.39, 0.29) is 10.8 Å². The standard InChI is InChI=1S/C19H18N2O4S/c1-13-3-9-17(10-4-13)26(23,24)21-16-7-5-15(6-8-16)20-19(22)18-11-12-25-14(18)2/h3-12,21H,1-2H3,(H,20,22). The van der Waals surface area contributed by atoms with Gasteiger partial charge in [-0.25, -0.2) is 8.42 Å². The number of nitrogens with one attached hydrogen (secondary N) is 2. The number of hydrogen-bond acceptors (Lipinski definition) is 4. The Labute approximate surface area is 151 Å². The summed E-state index contributed by atoms with van der Waals surface area (Å²) in [5.41, 5.74) is 2.39. The van der Waals surface area contributed by atoms with Gasteiger partial charge in [0, 0.05) is 11.4 Å². The molecule has 134 valence electrons. The summed E-state index contributed by atoms with van der Waals surface area (Å²) in [5, 5.41) is 2.74. The predicted molar refractivity (Wildman–Crippen MR) is 99.8 cm³/mol. The zero-order chi connectivity index (χ0) is 18.7. The summed E-state index contributed by atoms with van der Waals surface area (Å²) in [6, 6.07) is 14.6.